The lowest BCUT2D eigenvalue weighted by molar-refractivity contribution is 0.105. The van der Waals surface area contributed by atoms with Crippen LogP contribution in [0, 0.1) is 12.7 Å². The average Bonchev–Trinajstić information content (AvgIpc) is 2.38. The number of Topliss-reactive ketones (excluding diaryl/α,β-unsaturated/α-hetero) is 1. The van der Waals surface area contributed by atoms with Gasteiger partial charge in [0.1, 0.15) is 5.82 Å². The van der Waals surface area contributed by atoms with E-state index < -0.39 is 0 Å². The number of halogens is 1. The van der Waals surface area contributed by atoms with Crippen LogP contribution < -0.4 is 0 Å². The molecule has 2 aromatic carbocycles. The normalized spacial score (nSPS) is 10.1. The molecule has 0 aliphatic carbocycles. The Morgan fingerprint density at radius 3 is 2.28 bits per heavy atom. The largest absolute Gasteiger partial charge is 0.289 e. The molecule has 0 amide bonds. The molecule has 90 valence electrons. The summed E-state index contributed by atoms with van der Waals surface area (Å²) < 4.78 is 12.8. The summed E-state index contributed by atoms with van der Waals surface area (Å²) in [4.78, 5) is 12.2. The number of carbonyl (C=O) groups is 1. The fourth-order valence-electron chi connectivity index (χ4n) is 1.81. The maximum atomic E-state index is 12.8. The highest BCUT2D eigenvalue weighted by molar-refractivity contribution is 6.28. The number of ketones is 1. The van der Waals surface area contributed by atoms with Crippen molar-refractivity contribution in [1.29, 1.82) is 0 Å². The Morgan fingerprint density at radius 2 is 1.67 bits per heavy atom. The molecule has 1 nitrogen and oxygen atoms in total. The van der Waals surface area contributed by atoms with Gasteiger partial charge in [0, 0.05) is 11.1 Å². The molecule has 18 heavy (non-hydrogen) atoms. The third-order valence-electron chi connectivity index (χ3n) is 2.85. The first kappa shape index (κ1) is 12.2. The van der Waals surface area contributed by atoms with Gasteiger partial charge in [-0.1, -0.05) is 30.8 Å². The van der Waals surface area contributed by atoms with Crippen LogP contribution >= 0.6 is 0 Å². The Balaban J connectivity index is 2.33. The van der Waals surface area contributed by atoms with Crippen LogP contribution in [0.3, 0.4) is 0 Å². The number of rotatable bonds is 3. The molecular formula is C16H13FO. The second-order valence-corrected chi connectivity index (χ2v) is 4.13. The van der Waals surface area contributed by atoms with Crippen molar-refractivity contribution in [3.8, 4) is 0 Å². The highest BCUT2D eigenvalue weighted by Gasteiger charge is 2.13. The van der Waals surface area contributed by atoms with Crippen LogP contribution in [0.25, 0.3) is 5.57 Å². The minimum Gasteiger partial charge on any atom is -0.289 e. The van der Waals surface area contributed by atoms with Crippen molar-refractivity contribution in [2.24, 2.45) is 0 Å². The lowest BCUT2D eigenvalue weighted by Crippen LogP contribution is -2.03. The maximum absolute atomic E-state index is 12.8. The molecule has 0 radical (unpaired) electrons. The van der Waals surface area contributed by atoms with E-state index in [1.807, 2.05) is 31.2 Å². The van der Waals surface area contributed by atoms with Crippen LogP contribution in [0.5, 0.6) is 0 Å². The second kappa shape index (κ2) is 4.96. The molecule has 0 N–H and O–H groups in total. The third kappa shape index (κ3) is 2.38. The van der Waals surface area contributed by atoms with Crippen molar-refractivity contribution in [1.82, 2.24) is 0 Å². The van der Waals surface area contributed by atoms with E-state index in [0.717, 1.165) is 11.1 Å². The topological polar surface area (TPSA) is 17.1 Å². The van der Waals surface area contributed by atoms with Crippen molar-refractivity contribution in [3.05, 3.63) is 77.6 Å². The number of hydrogen-bond donors (Lipinski definition) is 0. The van der Waals surface area contributed by atoms with Gasteiger partial charge in [0.05, 0.1) is 0 Å². The Hall–Kier alpha value is -2.22. The lowest BCUT2D eigenvalue weighted by Gasteiger charge is -2.08. The van der Waals surface area contributed by atoms with Gasteiger partial charge in [-0.25, -0.2) is 4.39 Å². The molecule has 0 aliphatic rings. The van der Waals surface area contributed by atoms with Gasteiger partial charge in [-0.2, -0.15) is 0 Å². The zero-order chi connectivity index (χ0) is 13.1. The molecule has 2 rings (SSSR count). The molecule has 2 heteroatoms. The van der Waals surface area contributed by atoms with Crippen LogP contribution in [0.15, 0.2) is 55.1 Å². The van der Waals surface area contributed by atoms with Gasteiger partial charge in [-0.15, -0.1) is 0 Å². The molecular weight excluding hydrogens is 227 g/mol. The monoisotopic (exact) mass is 240 g/mol. The van der Waals surface area contributed by atoms with Crippen molar-refractivity contribution in [3.63, 3.8) is 0 Å². The minimum absolute atomic E-state index is 0.177. The first-order valence-electron chi connectivity index (χ1n) is 5.65. The molecule has 0 unspecified atom stereocenters. The standard InChI is InChI=1S/C16H13FO/c1-11-5-3-4-6-15(11)12(2)16(18)13-7-9-14(17)10-8-13/h3-10H,2H2,1H3. The van der Waals surface area contributed by atoms with Gasteiger partial charge in [0.25, 0.3) is 0 Å². The van der Waals surface area contributed by atoms with Crippen molar-refractivity contribution < 1.29 is 9.18 Å². The summed E-state index contributed by atoms with van der Waals surface area (Å²) in [7, 11) is 0. The zero-order valence-corrected chi connectivity index (χ0v) is 10.1. The summed E-state index contributed by atoms with van der Waals surface area (Å²) in [6.45, 7) is 5.77. The Kier molecular flexibility index (Phi) is 3.38. The summed E-state index contributed by atoms with van der Waals surface area (Å²) in [6.07, 6.45) is 0. The summed E-state index contributed by atoms with van der Waals surface area (Å²) in [6, 6.07) is 13.1. The van der Waals surface area contributed by atoms with Crippen molar-refractivity contribution in [2.75, 3.05) is 0 Å². The van der Waals surface area contributed by atoms with Crippen LogP contribution in [0.2, 0.25) is 0 Å². The molecule has 0 saturated heterocycles. The van der Waals surface area contributed by atoms with Crippen LogP contribution in [0.1, 0.15) is 21.5 Å². The first-order chi connectivity index (χ1) is 8.59. The second-order valence-electron chi connectivity index (χ2n) is 4.13. The molecule has 0 saturated carbocycles. The predicted molar refractivity (Wildman–Crippen MR) is 70.9 cm³/mol. The van der Waals surface area contributed by atoms with E-state index in [-0.39, 0.29) is 11.6 Å². The van der Waals surface area contributed by atoms with E-state index >= 15 is 0 Å². The van der Waals surface area contributed by atoms with Gasteiger partial charge in [-0.3, -0.25) is 4.79 Å². The Bertz CT molecular complexity index is 597. The fraction of sp³-hybridized carbons (Fsp3) is 0.0625. The number of allylic oxidation sites excluding steroid dienone is 1. The van der Waals surface area contributed by atoms with E-state index in [9.17, 15) is 9.18 Å². The molecule has 0 aromatic heterocycles. The van der Waals surface area contributed by atoms with Gasteiger partial charge in [0.2, 0.25) is 0 Å². The van der Waals surface area contributed by atoms with E-state index in [1.165, 1.54) is 24.3 Å². The molecule has 0 bridgehead atoms. The molecule has 2 aromatic rings. The number of carbonyl (C=O) groups excluding carboxylic acids is 1. The van der Waals surface area contributed by atoms with Crippen LogP contribution in [-0.4, -0.2) is 5.78 Å². The summed E-state index contributed by atoms with van der Waals surface area (Å²) >= 11 is 0. The predicted octanol–water partition coefficient (Wildman–Crippen LogP) is 4.03. The number of hydrogen-bond acceptors (Lipinski definition) is 1. The van der Waals surface area contributed by atoms with Gasteiger partial charge in [-0.05, 0) is 42.3 Å². The smallest absolute Gasteiger partial charge is 0.193 e. The molecule has 0 aliphatic heterocycles. The maximum Gasteiger partial charge on any atom is 0.193 e. The lowest BCUT2D eigenvalue weighted by atomic mass is 9.95. The van der Waals surface area contributed by atoms with Gasteiger partial charge in [0.15, 0.2) is 5.78 Å². The van der Waals surface area contributed by atoms with Crippen LogP contribution in [0.4, 0.5) is 4.39 Å². The Morgan fingerprint density at radius 1 is 1.06 bits per heavy atom. The molecule has 0 fully saturated rings. The third-order valence-corrected chi connectivity index (χ3v) is 2.85. The van der Waals surface area contributed by atoms with E-state index in [1.54, 1.807) is 0 Å². The van der Waals surface area contributed by atoms with Gasteiger partial charge < -0.3 is 0 Å². The summed E-state index contributed by atoms with van der Waals surface area (Å²) in [5.74, 6) is -0.530. The summed E-state index contributed by atoms with van der Waals surface area (Å²) in [5.41, 5.74) is 2.70. The van der Waals surface area contributed by atoms with Crippen molar-refractivity contribution >= 4 is 11.4 Å². The van der Waals surface area contributed by atoms with E-state index in [2.05, 4.69) is 6.58 Å². The Labute approximate surface area is 106 Å². The number of aryl methyl sites for hydroxylation is 1. The van der Waals surface area contributed by atoms with Crippen molar-refractivity contribution in [2.45, 2.75) is 6.92 Å². The molecule has 0 spiro atoms. The average molecular weight is 240 g/mol. The summed E-state index contributed by atoms with van der Waals surface area (Å²) in [5, 5.41) is 0. The van der Waals surface area contributed by atoms with E-state index in [0.29, 0.717) is 11.1 Å². The highest BCUT2D eigenvalue weighted by atomic mass is 19.1. The van der Waals surface area contributed by atoms with Gasteiger partial charge >= 0.3 is 0 Å². The first-order valence-corrected chi connectivity index (χ1v) is 5.65. The molecule has 0 heterocycles. The SMILES string of the molecule is C=C(C(=O)c1ccc(F)cc1)c1ccccc1C. The minimum atomic E-state index is -0.354. The molecule has 0 atom stereocenters. The zero-order valence-electron chi connectivity index (χ0n) is 10.1. The van der Waals surface area contributed by atoms with E-state index in [4.69, 9.17) is 0 Å². The van der Waals surface area contributed by atoms with Crippen LogP contribution in [-0.2, 0) is 0 Å². The number of benzene rings is 2. The fourth-order valence-corrected chi connectivity index (χ4v) is 1.81. The highest BCUT2D eigenvalue weighted by Crippen LogP contribution is 2.21. The quantitative estimate of drug-likeness (QED) is 0.584.